The molecule has 1 unspecified atom stereocenters. The SMILES string of the molecule is O=C(NC(CC1CC1)C(=O)O)c1ccc(OCC(F)(F)F)cc1. The number of aliphatic carboxylic acids is 1. The van der Waals surface area contributed by atoms with Crippen molar-refractivity contribution in [2.24, 2.45) is 5.92 Å². The van der Waals surface area contributed by atoms with Crippen molar-refractivity contribution < 1.29 is 32.6 Å². The highest BCUT2D eigenvalue weighted by Crippen LogP contribution is 2.33. The van der Waals surface area contributed by atoms with Gasteiger partial charge in [0.15, 0.2) is 6.61 Å². The van der Waals surface area contributed by atoms with E-state index in [1.54, 1.807) is 0 Å². The molecule has 8 heteroatoms. The Labute approximate surface area is 130 Å². The van der Waals surface area contributed by atoms with Gasteiger partial charge in [0.25, 0.3) is 5.91 Å². The Morgan fingerprint density at radius 1 is 1.26 bits per heavy atom. The first-order chi connectivity index (χ1) is 10.7. The second-order valence-corrected chi connectivity index (χ2v) is 5.47. The Bertz CT molecular complexity index is 567. The number of carboxylic acid groups (broad SMARTS) is 1. The molecule has 0 spiro atoms. The number of amides is 1. The maximum absolute atomic E-state index is 12.0. The van der Waals surface area contributed by atoms with Crippen molar-refractivity contribution in [1.82, 2.24) is 5.32 Å². The normalized spacial score (nSPS) is 15.8. The van der Waals surface area contributed by atoms with Gasteiger partial charge in [0, 0.05) is 5.56 Å². The number of carboxylic acids is 1. The van der Waals surface area contributed by atoms with Crippen molar-refractivity contribution in [1.29, 1.82) is 0 Å². The maximum atomic E-state index is 12.0. The van der Waals surface area contributed by atoms with E-state index in [1.165, 1.54) is 24.3 Å². The summed E-state index contributed by atoms with van der Waals surface area (Å²) in [7, 11) is 0. The van der Waals surface area contributed by atoms with Crippen molar-refractivity contribution in [3.63, 3.8) is 0 Å². The van der Waals surface area contributed by atoms with E-state index >= 15 is 0 Å². The topological polar surface area (TPSA) is 75.6 Å². The number of nitrogens with one attached hydrogen (secondary N) is 1. The largest absolute Gasteiger partial charge is 0.484 e. The molecule has 2 N–H and O–H groups in total. The van der Waals surface area contributed by atoms with Crippen molar-refractivity contribution in [3.05, 3.63) is 29.8 Å². The van der Waals surface area contributed by atoms with E-state index in [0.717, 1.165) is 12.8 Å². The van der Waals surface area contributed by atoms with Gasteiger partial charge in [0.05, 0.1) is 0 Å². The molecule has 0 bridgehead atoms. The third-order valence-corrected chi connectivity index (χ3v) is 3.39. The van der Waals surface area contributed by atoms with Gasteiger partial charge in [-0.2, -0.15) is 13.2 Å². The molecular formula is C15H16F3NO4. The van der Waals surface area contributed by atoms with E-state index < -0.39 is 30.7 Å². The van der Waals surface area contributed by atoms with E-state index in [2.05, 4.69) is 10.1 Å². The molecule has 23 heavy (non-hydrogen) atoms. The number of rotatable bonds is 7. The van der Waals surface area contributed by atoms with Crippen molar-refractivity contribution in [2.45, 2.75) is 31.5 Å². The molecule has 1 atom stereocenters. The van der Waals surface area contributed by atoms with Crippen LogP contribution in [0.4, 0.5) is 13.2 Å². The van der Waals surface area contributed by atoms with E-state index in [1.807, 2.05) is 0 Å². The molecule has 1 aromatic carbocycles. The Kier molecular flexibility index (Phi) is 5.12. The highest BCUT2D eigenvalue weighted by Gasteiger charge is 2.30. The predicted molar refractivity (Wildman–Crippen MR) is 74.2 cm³/mol. The standard InChI is InChI=1S/C15H16F3NO4/c16-15(17,18)8-23-11-5-3-10(4-6-11)13(20)19-12(14(21)22)7-9-1-2-9/h3-6,9,12H,1-2,7-8H2,(H,19,20)(H,21,22). The summed E-state index contributed by atoms with van der Waals surface area (Å²) in [4.78, 5) is 23.1. The van der Waals surface area contributed by atoms with Crippen LogP contribution in [-0.2, 0) is 4.79 Å². The molecule has 1 aromatic rings. The van der Waals surface area contributed by atoms with E-state index in [0.29, 0.717) is 12.3 Å². The summed E-state index contributed by atoms with van der Waals surface area (Å²) >= 11 is 0. The predicted octanol–water partition coefficient (Wildman–Crippen LogP) is 2.61. The quantitative estimate of drug-likeness (QED) is 0.805. The van der Waals surface area contributed by atoms with Gasteiger partial charge in [0.1, 0.15) is 11.8 Å². The number of carbonyl (C=O) groups excluding carboxylic acids is 1. The number of carbonyl (C=O) groups is 2. The van der Waals surface area contributed by atoms with Gasteiger partial charge < -0.3 is 15.2 Å². The lowest BCUT2D eigenvalue weighted by molar-refractivity contribution is -0.153. The third-order valence-electron chi connectivity index (χ3n) is 3.39. The van der Waals surface area contributed by atoms with Crippen molar-refractivity contribution >= 4 is 11.9 Å². The molecule has 0 heterocycles. The smallest absolute Gasteiger partial charge is 0.422 e. The average molecular weight is 331 g/mol. The minimum atomic E-state index is -4.44. The van der Waals surface area contributed by atoms with Crippen LogP contribution in [0.3, 0.4) is 0 Å². The summed E-state index contributed by atoms with van der Waals surface area (Å²) in [6.07, 6.45) is -2.13. The number of alkyl halides is 3. The van der Waals surface area contributed by atoms with Crippen LogP contribution in [0.2, 0.25) is 0 Å². The fourth-order valence-electron chi connectivity index (χ4n) is 2.02. The van der Waals surface area contributed by atoms with Gasteiger partial charge in [-0.1, -0.05) is 12.8 Å². The number of benzene rings is 1. The van der Waals surface area contributed by atoms with E-state index in [9.17, 15) is 22.8 Å². The summed E-state index contributed by atoms with van der Waals surface area (Å²) in [5, 5.41) is 11.5. The first-order valence-corrected chi connectivity index (χ1v) is 7.08. The Balaban J connectivity index is 1.92. The summed E-state index contributed by atoms with van der Waals surface area (Å²) < 4.78 is 40.6. The summed E-state index contributed by atoms with van der Waals surface area (Å²) in [6.45, 7) is -1.42. The van der Waals surface area contributed by atoms with Crippen LogP contribution in [-0.4, -0.2) is 35.8 Å². The van der Waals surface area contributed by atoms with Crippen LogP contribution in [0.1, 0.15) is 29.6 Å². The molecule has 1 aliphatic rings. The van der Waals surface area contributed by atoms with Gasteiger partial charge in [-0.15, -0.1) is 0 Å². The van der Waals surface area contributed by atoms with Crippen molar-refractivity contribution in [3.8, 4) is 5.75 Å². The molecule has 1 amide bonds. The summed E-state index contributed by atoms with van der Waals surface area (Å²) in [5.41, 5.74) is 0.159. The zero-order valence-corrected chi connectivity index (χ0v) is 12.1. The first kappa shape index (κ1) is 17.1. The molecule has 2 rings (SSSR count). The van der Waals surface area contributed by atoms with Crippen LogP contribution in [0.5, 0.6) is 5.75 Å². The van der Waals surface area contributed by atoms with Gasteiger partial charge in [0.2, 0.25) is 0 Å². The second kappa shape index (κ2) is 6.89. The minimum absolute atomic E-state index is 0.0216. The van der Waals surface area contributed by atoms with E-state index in [4.69, 9.17) is 5.11 Å². The lowest BCUT2D eigenvalue weighted by Gasteiger charge is -2.14. The lowest BCUT2D eigenvalue weighted by Crippen LogP contribution is -2.41. The van der Waals surface area contributed by atoms with Gasteiger partial charge in [-0.25, -0.2) is 4.79 Å². The molecule has 0 aromatic heterocycles. The fourth-order valence-corrected chi connectivity index (χ4v) is 2.02. The van der Waals surface area contributed by atoms with Crippen LogP contribution in [0, 0.1) is 5.92 Å². The average Bonchev–Trinajstić information content (AvgIpc) is 3.28. The Morgan fingerprint density at radius 3 is 2.35 bits per heavy atom. The highest BCUT2D eigenvalue weighted by molar-refractivity contribution is 5.96. The fraction of sp³-hybridized carbons (Fsp3) is 0.467. The zero-order valence-electron chi connectivity index (χ0n) is 12.1. The summed E-state index contributed by atoms with van der Waals surface area (Å²) in [6, 6.07) is 4.08. The van der Waals surface area contributed by atoms with Gasteiger partial charge >= 0.3 is 12.1 Å². The molecule has 0 saturated heterocycles. The third kappa shape index (κ3) is 5.80. The minimum Gasteiger partial charge on any atom is -0.484 e. The maximum Gasteiger partial charge on any atom is 0.422 e. The summed E-state index contributed by atoms with van der Waals surface area (Å²) in [5.74, 6) is -1.38. The van der Waals surface area contributed by atoms with Crippen LogP contribution >= 0.6 is 0 Å². The molecule has 0 aliphatic heterocycles. The molecular weight excluding hydrogens is 315 g/mol. The van der Waals surface area contributed by atoms with Gasteiger partial charge in [-0.3, -0.25) is 4.79 Å². The molecule has 126 valence electrons. The highest BCUT2D eigenvalue weighted by atomic mass is 19.4. The molecule has 0 radical (unpaired) electrons. The van der Waals surface area contributed by atoms with Crippen molar-refractivity contribution in [2.75, 3.05) is 6.61 Å². The molecule has 1 saturated carbocycles. The van der Waals surface area contributed by atoms with E-state index in [-0.39, 0.29) is 11.3 Å². The number of ether oxygens (including phenoxy) is 1. The van der Waals surface area contributed by atoms with Crippen LogP contribution in [0.15, 0.2) is 24.3 Å². The monoisotopic (exact) mass is 331 g/mol. The van der Waals surface area contributed by atoms with Crippen LogP contribution < -0.4 is 10.1 Å². The van der Waals surface area contributed by atoms with Gasteiger partial charge in [-0.05, 0) is 36.6 Å². The molecule has 1 aliphatic carbocycles. The molecule has 1 fully saturated rings. The zero-order chi connectivity index (χ0) is 17.0. The Morgan fingerprint density at radius 2 is 1.87 bits per heavy atom. The second-order valence-electron chi connectivity index (χ2n) is 5.47. The number of hydrogen-bond acceptors (Lipinski definition) is 3. The van der Waals surface area contributed by atoms with Crippen LogP contribution in [0.25, 0.3) is 0 Å². The lowest BCUT2D eigenvalue weighted by atomic mass is 10.1. The Hall–Kier alpha value is -2.25. The number of halogens is 3. The molecule has 5 nitrogen and oxygen atoms in total. The first-order valence-electron chi connectivity index (χ1n) is 7.08. The number of hydrogen-bond donors (Lipinski definition) is 2.